The summed E-state index contributed by atoms with van der Waals surface area (Å²) in [5.41, 5.74) is 0.927. The van der Waals surface area contributed by atoms with Gasteiger partial charge in [-0.25, -0.2) is 9.59 Å². The second-order valence-corrected chi connectivity index (χ2v) is 9.06. The zero-order valence-corrected chi connectivity index (χ0v) is 20.4. The smallest absolute Gasteiger partial charge is 0.335 e. The number of carboxylic acids is 2. The van der Waals surface area contributed by atoms with E-state index in [2.05, 4.69) is 10.3 Å². The van der Waals surface area contributed by atoms with Gasteiger partial charge in [0.2, 0.25) is 0 Å². The summed E-state index contributed by atoms with van der Waals surface area (Å²) in [7, 11) is 0. The van der Waals surface area contributed by atoms with Crippen molar-refractivity contribution in [2.45, 2.75) is 12.1 Å². The molecule has 1 saturated heterocycles. The Morgan fingerprint density at radius 2 is 1.73 bits per heavy atom. The number of benzene rings is 2. The highest BCUT2D eigenvalue weighted by Crippen LogP contribution is 2.45. The van der Waals surface area contributed by atoms with E-state index in [1.807, 2.05) is 12.1 Å². The molecule has 1 fully saturated rings. The predicted molar refractivity (Wildman–Crippen MR) is 139 cm³/mol. The number of rotatable bonds is 6. The van der Waals surface area contributed by atoms with Crippen molar-refractivity contribution in [3.8, 4) is 17.1 Å². The molecule has 4 aromatic rings. The Morgan fingerprint density at radius 1 is 1.00 bits per heavy atom. The standard InChI is InChI=1S/C26H18ClN3O6S/c27-16-4-5-19(31)18(12-16)30-23(22(29-26(30)37)17-3-1-2-8-28-17)21-7-6-20(36-21)13-9-14(24(32)33)11-15(10-13)25(34)35/h1-12,22-23,31H,(H,29,37)(H,32,33)(H,34,35)/t22-,23-/m1/s1. The molecule has 0 amide bonds. The summed E-state index contributed by atoms with van der Waals surface area (Å²) in [6, 6.07) is 16.0. The van der Waals surface area contributed by atoms with Crippen LogP contribution < -0.4 is 10.2 Å². The first-order valence-electron chi connectivity index (χ1n) is 10.9. The number of carbonyl (C=O) groups is 2. The van der Waals surface area contributed by atoms with Crippen LogP contribution in [0.15, 0.2) is 77.3 Å². The van der Waals surface area contributed by atoms with E-state index in [1.54, 1.807) is 41.4 Å². The van der Waals surface area contributed by atoms with Gasteiger partial charge in [0, 0.05) is 16.8 Å². The Hall–Kier alpha value is -4.41. The molecule has 0 radical (unpaired) electrons. The van der Waals surface area contributed by atoms with E-state index in [1.165, 1.54) is 18.2 Å². The molecule has 1 aliphatic rings. The first-order valence-corrected chi connectivity index (χ1v) is 11.7. The molecule has 2 aromatic carbocycles. The van der Waals surface area contributed by atoms with E-state index in [9.17, 15) is 24.9 Å². The van der Waals surface area contributed by atoms with Gasteiger partial charge in [-0.15, -0.1) is 0 Å². The van der Waals surface area contributed by atoms with Crippen molar-refractivity contribution in [3.05, 3.63) is 101 Å². The molecule has 0 unspecified atom stereocenters. The number of hydrogen-bond donors (Lipinski definition) is 4. The third-order valence-corrected chi connectivity index (χ3v) is 6.47. The summed E-state index contributed by atoms with van der Waals surface area (Å²) in [5.74, 6) is -1.91. The van der Waals surface area contributed by atoms with Crippen molar-refractivity contribution in [3.63, 3.8) is 0 Å². The van der Waals surface area contributed by atoms with E-state index < -0.39 is 24.0 Å². The van der Waals surface area contributed by atoms with Gasteiger partial charge in [0.1, 0.15) is 23.3 Å². The van der Waals surface area contributed by atoms with Gasteiger partial charge in [0.05, 0.1) is 28.6 Å². The highest BCUT2D eigenvalue weighted by Gasteiger charge is 2.43. The second-order valence-electron chi connectivity index (χ2n) is 8.24. The molecular formula is C26H18ClN3O6S. The average molecular weight is 536 g/mol. The molecule has 11 heteroatoms. The molecule has 2 aromatic heterocycles. The number of aromatic carboxylic acids is 2. The Labute approximate surface area is 220 Å². The first kappa shape index (κ1) is 24.3. The van der Waals surface area contributed by atoms with Crippen LogP contribution in [0.1, 0.15) is 44.3 Å². The Kier molecular flexibility index (Phi) is 6.28. The number of nitrogens with zero attached hydrogens (tertiary/aromatic N) is 2. The van der Waals surface area contributed by atoms with Crippen molar-refractivity contribution >= 4 is 46.6 Å². The fourth-order valence-corrected chi connectivity index (χ4v) is 4.78. The molecular weight excluding hydrogens is 518 g/mol. The number of pyridine rings is 1. The minimum absolute atomic E-state index is 0.0488. The van der Waals surface area contributed by atoms with E-state index in [0.29, 0.717) is 27.3 Å². The predicted octanol–water partition coefficient (Wildman–Crippen LogP) is 5.27. The minimum Gasteiger partial charge on any atom is -0.506 e. The number of halogens is 1. The molecule has 2 atom stereocenters. The van der Waals surface area contributed by atoms with E-state index >= 15 is 0 Å². The van der Waals surface area contributed by atoms with Crippen LogP contribution in [-0.4, -0.2) is 37.4 Å². The summed E-state index contributed by atoms with van der Waals surface area (Å²) in [4.78, 5) is 29.3. The lowest BCUT2D eigenvalue weighted by atomic mass is 10.0. The molecule has 5 rings (SSSR count). The van der Waals surface area contributed by atoms with Gasteiger partial charge in [-0.2, -0.15) is 0 Å². The number of furan rings is 1. The average Bonchev–Trinajstić information content (AvgIpc) is 3.50. The molecule has 186 valence electrons. The van der Waals surface area contributed by atoms with Crippen molar-refractivity contribution in [1.82, 2.24) is 10.3 Å². The van der Waals surface area contributed by atoms with Crippen LogP contribution in [-0.2, 0) is 0 Å². The topological polar surface area (TPSA) is 136 Å². The number of hydrogen-bond acceptors (Lipinski definition) is 6. The molecule has 3 heterocycles. The number of aromatic hydroxyl groups is 1. The summed E-state index contributed by atoms with van der Waals surface area (Å²) >= 11 is 11.9. The van der Waals surface area contributed by atoms with Crippen LogP contribution in [0.2, 0.25) is 5.02 Å². The fraction of sp³-hybridized carbons (Fsp3) is 0.0769. The number of aromatic nitrogens is 1. The third-order valence-electron chi connectivity index (χ3n) is 5.92. The zero-order valence-electron chi connectivity index (χ0n) is 18.8. The number of thiocarbonyl (C=S) groups is 1. The first-order chi connectivity index (χ1) is 17.7. The van der Waals surface area contributed by atoms with Crippen molar-refractivity contribution in [1.29, 1.82) is 0 Å². The zero-order chi connectivity index (χ0) is 26.3. The third kappa shape index (κ3) is 4.59. The van der Waals surface area contributed by atoms with E-state index in [0.717, 1.165) is 6.07 Å². The van der Waals surface area contributed by atoms with Gasteiger partial charge in [0.25, 0.3) is 0 Å². The molecule has 0 spiro atoms. The van der Waals surface area contributed by atoms with Gasteiger partial charge in [-0.1, -0.05) is 17.7 Å². The molecule has 0 aliphatic carbocycles. The van der Waals surface area contributed by atoms with Crippen LogP contribution in [0.4, 0.5) is 5.69 Å². The van der Waals surface area contributed by atoms with Crippen molar-refractivity contribution in [2.75, 3.05) is 4.90 Å². The van der Waals surface area contributed by atoms with Gasteiger partial charge in [-0.05, 0) is 72.9 Å². The summed E-state index contributed by atoms with van der Waals surface area (Å²) in [5, 5.41) is 33.5. The molecule has 1 aliphatic heterocycles. The van der Waals surface area contributed by atoms with E-state index in [4.69, 9.17) is 28.2 Å². The molecule has 37 heavy (non-hydrogen) atoms. The SMILES string of the molecule is O=C(O)c1cc(C(=O)O)cc(-c2ccc([C@@H]3[C@@H](c4ccccn4)NC(=S)N3c3cc(Cl)ccc3O)o2)c1. The number of carboxylic acid groups (broad SMARTS) is 2. The molecule has 0 saturated carbocycles. The lowest BCUT2D eigenvalue weighted by Crippen LogP contribution is -2.29. The largest absolute Gasteiger partial charge is 0.506 e. The van der Waals surface area contributed by atoms with Crippen molar-refractivity contribution < 1.29 is 29.3 Å². The highest BCUT2D eigenvalue weighted by atomic mass is 35.5. The van der Waals surface area contributed by atoms with Crippen LogP contribution in [0, 0.1) is 0 Å². The lowest BCUT2D eigenvalue weighted by molar-refractivity contribution is 0.0696. The van der Waals surface area contributed by atoms with Crippen molar-refractivity contribution in [2.24, 2.45) is 0 Å². The monoisotopic (exact) mass is 535 g/mol. The lowest BCUT2D eigenvalue weighted by Gasteiger charge is -2.26. The number of anilines is 1. The Bertz CT molecular complexity index is 1510. The van der Waals surface area contributed by atoms with Gasteiger partial charge < -0.3 is 30.0 Å². The number of phenols is 1. The van der Waals surface area contributed by atoms with Crippen LogP contribution in [0.3, 0.4) is 0 Å². The van der Waals surface area contributed by atoms with Crippen LogP contribution >= 0.6 is 23.8 Å². The number of nitrogens with one attached hydrogen (secondary N) is 1. The maximum atomic E-state index is 11.6. The number of phenolic OH excluding ortho intramolecular Hbond substituents is 1. The highest BCUT2D eigenvalue weighted by molar-refractivity contribution is 7.80. The normalized spacial score (nSPS) is 17.0. The van der Waals surface area contributed by atoms with Crippen LogP contribution in [0.25, 0.3) is 11.3 Å². The summed E-state index contributed by atoms with van der Waals surface area (Å²) in [6.07, 6.45) is 1.65. The molecule has 9 nitrogen and oxygen atoms in total. The maximum absolute atomic E-state index is 11.6. The maximum Gasteiger partial charge on any atom is 0.335 e. The Morgan fingerprint density at radius 3 is 2.38 bits per heavy atom. The molecule has 0 bridgehead atoms. The second kappa shape index (κ2) is 9.57. The molecule has 4 N–H and O–H groups in total. The Balaban J connectivity index is 1.64. The quantitative estimate of drug-likeness (QED) is 0.241. The van der Waals surface area contributed by atoms with Gasteiger partial charge in [0.15, 0.2) is 5.11 Å². The summed E-state index contributed by atoms with van der Waals surface area (Å²) < 4.78 is 6.18. The summed E-state index contributed by atoms with van der Waals surface area (Å²) in [6.45, 7) is 0. The minimum atomic E-state index is -1.26. The van der Waals surface area contributed by atoms with Gasteiger partial charge in [-0.3, -0.25) is 4.98 Å². The van der Waals surface area contributed by atoms with Crippen LogP contribution in [0.5, 0.6) is 5.75 Å². The van der Waals surface area contributed by atoms with E-state index in [-0.39, 0.29) is 28.2 Å². The fourth-order valence-electron chi connectivity index (χ4n) is 4.28. The van der Waals surface area contributed by atoms with Gasteiger partial charge >= 0.3 is 11.9 Å².